The van der Waals surface area contributed by atoms with Gasteiger partial charge in [0.25, 0.3) is 0 Å². The molecule has 1 aliphatic heterocycles. The Kier molecular flexibility index (Phi) is 6.84. The lowest BCUT2D eigenvalue weighted by Gasteiger charge is -2.20. The summed E-state index contributed by atoms with van der Waals surface area (Å²) in [4.78, 5) is 31.4. The molecular weight excluding hydrogens is 398 g/mol. The number of carbonyl (C=O) groups is 2. The minimum atomic E-state index is -0.0933. The van der Waals surface area contributed by atoms with Gasteiger partial charge < -0.3 is 10.2 Å². The topological polar surface area (TPSA) is 62.3 Å². The molecule has 1 fully saturated rings. The average molecular weight is 430 g/mol. The normalized spacial score (nSPS) is 14.7. The third-order valence-corrected chi connectivity index (χ3v) is 6.29. The number of nitrogens with one attached hydrogen (secondary N) is 1. The van der Waals surface area contributed by atoms with Crippen molar-refractivity contribution in [2.45, 2.75) is 52.4 Å². The number of unbranched alkanes of at least 4 members (excludes halogenated alkanes) is 1. The Labute approximate surface area is 189 Å². The summed E-state index contributed by atoms with van der Waals surface area (Å²) in [6.07, 6.45) is 8.82. The summed E-state index contributed by atoms with van der Waals surface area (Å²) in [6, 6.07) is 14.2. The maximum absolute atomic E-state index is 13.2. The van der Waals surface area contributed by atoms with Crippen LogP contribution in [-0.4, -0.2) is 23.3 Å². The van der Waals surface area contributed by atoms with Gasteiger partial charge in [-0.25, -0.2) is 0 Å². The number of fused-ring (bicyclic) bond motifs is 1. The van der Waals surface area contributed by atoms with Crippen LogP contribution < -0.4 is 10.2 Å². The van der Waals surface area contributed by atoms with E-state index >= 15 is 0 Å². The van der Waals surface area contributed by atoms with Gasteiger partial charge in [-0.2, -0.15) is 0 Å². The summed E-state index contributed by atoms with van der Waals surface area (Å²) in [5, 5.41) is 5.38. The average Bonchev–Trinajstić information content (AvgIpc) is 3.22. The van der Waals surface area contributed by atoms with Gasteiger partial charge in [-0.1, -0.05) is 31.9 Å². The van der Waals surface area contributed by atoms with Crippen molar-refractivity contribution in [2.75, 3.05) is 16.8 Å². The lowest BCUT2D eigenvalue weighted by Crippen LogP contribution is -2.26. The highest BCUT2D eigenvalue weighted by atomic mass is 16.2. The van der Waals surface area contributed by atoms with E-state index in [4.69, 9.17) is 0 Å². The molecule has 5 heteroatoms. The van der Waals surface area contributed by atoms with E-state index in [2.05, 4.69) is 35.4 Å². The molecule has 2 aromatic carbocycles. The van der Waals surface area contributed by atoms with Crippen molar-refractivity contribution in [3.05, 3.63) is 66.0 Å². The third kappa shape index (κ3) is 4.98. The molecule has 2 amide bonds. The smallest absolute Gasteiger partial charge is 0.227 e. The number of rotatable bonds is 8. The molecule has 0 radical (unpaired) electrons. The first-order valence-electron chi connectivity index (χ1n) is 11.6. The number of amides is 2. The highest BCUT2D eigenvalue weighted by Gasteiger charge is 2.24. The number of aryl methyl sites for hydroxylation is 1. The number of hydrogen-bond acceptors (Lipinski definition) is 3. The van der Waals surface area contributed by atoms with Crippen LogP contribution in [0.1, 0.15) is 50.2 Å². The monoisotopic (exact) mass is 429 g/mol. The second kappa shape index (κ2) is 9.94. The number of aromatic nitrogens is 1. The van der Waals surface area contributed by atoms with Gasteiger partial charge in [0.2, 0.25) is 11.8 Å². The van der Waals surface area contributed by atoms with Crippen molar-refractivity contribution < 1.29 is 9.59 Å². The molecule has 1 saturated heterocycles. The Morgan fingerprint density at radius 3 is 2.78 bits per heavy atom. The highest BCUT2D eigenvalue weighted by molar-refractivity contribution is 5.97. The predicted molar refractivity (Wildman–Crippen MR) is 130 cm³/mol. The van der Waals surface area contributed by atoms with Crippen LogP contribution in [0.25, 0.3) is 10.8 Å². The molecule has 2 heterocycles. The standard InChI is InChI=1S/C27H31N3O2/c1-3-4-6-22(16-20-8-9-21-12-13-28-18-23(21)17-20)27(32)29-24-10-11-25(19(2)15-24)30-14-5-7-26(30)31/h8-13,15,17-18,22H,3-7,14,16H2,1-2H3,(H,29,32). The molecule has 3 aromatic rings. The molecule has 1 N–H and O–H groups in total. The minimum Gasteiger partial charge on any atom is -0.326 e. The van der Waals surface area contributed by atoms with E-state index in [1.54, 1.807) is 6.20 Å². The lowest BCUT2D eigenvalue weighted by atomic mass is 9.92. The van der Waals surface area contributed by atoms with Crippen LogP contribution in [0.4, 0.5) is 11.4 Å². The Hall–Kier alpha value is -3.21. The molecule has 0 spiro atoms. The number of hydrogen-bond donors (Lipinski definition) is 1. The summed E-state index contributed by atoms with van der Waals surface area (Å²) in [7, 11) is 0. The predicted octanol–water partition coefficient (Wildman–Crippen LogP) is 5.66. The lowest BCUT2D eigenvalue weighted by molar-refractivity contribution is -0.120. The SMILES string of the molecule is CCCCC(Cc1ccc2ccncc2c1)C(=O)Nc1ccc(N2CCCC2=O)c(C)c1. The number of nitrogens with zero attached hydrogens (tertiary/aromatic N) is 2. The molecule has 1 atom stereocenters. The van der Waals surface area contributed by atoms with Gasteiger partial charge in [0, 0.05) is 48.0 Å². The van der Waals surface area contributed by atoms with Crippen LogP contribution in [0, 0.1) is 12.8 Å². The van der Waals surface area contributed by atoms with Crippen molar-refractivity contribution in [1.29, 1.82) is 0 Å². The number of pyridine rings is 1. The third-order valence-electron chi connectivity index (χ3n) is 6.29. The van der Waals surface area contributed by atoms with Crippen LogP contribution in [0.3, 0.4) is 0 Å². The molecule has 4 rings (SSSR count). The van der Waals surface area contributed by atoms with E-state index in [9.17, 15) is 9.59 Å². The minimum absolute atomic E-state index is 0.0501. The van der Waals surface area contributed by atoms with Crippen LogP contribution in [0.15, 0.2) is 54.9 Å². The fourth-order valence-electron chi connectivity index (χ4n) is 4.51. The second-order valence-electron chi connectivity index (χ2n) is 8.74. The van der Waals surface area contributed by atoms with E-state index in [-0.39, 0.29) is 17.7 Å². The van der Waals surface area contributed by atoms with Gasteiger partial charge in [-0.05, 0) is 73.0 Å². The Balaban J connectivity index is 1.48. The first-order valence-corrected chi connectivity index (χ1v) is 11.6. The fourth-order valence-corrected chi connectivity index (χ4v) is 4.51. The highest BCUT2D eigenvalue weighted by Crippen LogP contribution is 2.28. The Morgan fingerprint density at radius 1 is 1.16 bits per heavy atom. The quantitative estimate of drug-likeness (QED) is 0.503. The van der Waals surface area contributed by atoms with Gasteiger partial charge in [0.15, 0.2) is 0 Å². The van der Waals surface area contributed by atoms with Gasteiger partial charge >= 0.3 is 0 Å². The fraction of sp³-hybridized carbons (Fsp3) is 0.370. The van der Waals surface area contributed by atoms with E-state index < -0.39 is 0 Å². The van der Waals surface area contributed by atoms with E-state index in [1.165, 1.54) is 0 Å². The molecule has 5 nitrogen and oxygen atoms in total. The first-order chi connectivity index (χ1) is 15.5. The molecule has 1 unspecified atom stereocenters. The molecule has 32 heavy (non-hydrogen) atoms. The number of benzene rings is 2. The molecular formula is C27H31N3O2. The molecule has 0 saturated carbocycles. The van der Waals surface area contributed by atoms with Gasteiger partial charge in [0.05, 0.1) is 0 Å². The molecule has 1 aromatic heterocycles. The van der Waals surface area contributed by atoms with Gasteiger partial charge in [-0.3, -0.25) is 14.6 Å². The van der Waals surface area contributed by atoms with Gasteiger partial charge in [0.1, 0.15) is 0 Å². The zero-order valence-corrected chi connectivity index (χ0v) is 18.9. The number of anilines is 2. The maximum atomic E-state index is 13.2. The molecule has 1 aliphatic rings. The zero-order valence-electron chi connectivity index (χ0n) is 18.9. The Morgan fingerprint density at radius 2 is 2.03 bits per heavy atom. The molecule has 166 valence electrons. The number of carbonyl (C=O) groups excluding carboxylic acids is 2. The second-order valence-corrected chi connectivity index (χ2v) is 8.74. The van der Waals surface area contributed by atoms with Crippen molar-refractivity contribution >= 4 is 34.0 Å². The molecule has 0 aliphatic carbocycles. The van der Waals surface area contributed by atoms with Crippen molar-refractivity contribution in [1.82, 2.24) is 4.98 Å². The van der Waals surface area contributed by atoms with Crippen LogP contribution in [-0.2, 0) is 16.0 Å². The van der Waals surface area contributed by atoms with Crippen LogP contribution in [0.2, 0.25) is 0 Å². The van der Waals surface area contributed by atoms with Crippen molar-refractivity contribution in [3.8, 4) is 0 Å². The maximum Gasteiger partial charge on any atom is 0.227 e. The van der Waals surface area contributed by atoms with E-state index in [1.807, 2.05) is 42.3 Å². The summed E-state index contributed by atoms with van der Waals surface area (Å²) >= 11 is 0. The summed E-state index contributed by atoms with van der Waals surface area (Å²) < 4.78 is 0. The van der Waals surface area contributed by atoms with Gasteiger partial charge in [-0.15, -0.1) is 0 Å². The summed E-state index contributed by atoms with van der Waals surface area (Å²) in [5.41, 5.74) is 3.89. The van der Waals surface area contributed by atoms with Crippen LogP contribution in [0.5, 0.6) is 0 Å². The van der Waals surface area contributed by atoms with Crippen molar-refractivity contribution in [3.63, 3.8) is 0 Å². The zero-order chi connectivity index (χ0) is 22.5. The largest absolute Gasteiger partial charge is 0.326 e. The first kappa shape index (κ1) is 22.0. The summed E-state index contributed by atoms with van der Waals surface area (Å²) in [5.74, 6) is 0.133. The molecule has 0 bridgehead atoms. The van der Waals surface area contributed by atoms with Crippen LogP contribution >= 0.6 is 0 Å². The summed E-state index contributed by atoms with van der Waals surface area (Å²) in [6.45, 7) is 4.92. The Bertz CT molecular complexity index is 1120. The van der Waals surface area contributed by atoms with Crippen molar-refractivity contribution in [2.24, 2.45) is 5.92 Å². The van der Waals surface area contributed by atoms with E-state index in [0.717, 1.165) is 65.5 Å². The van der Waals surface area contributed by atoms with E-state index in [0.29, 0.717) is 12.8 Å².